The molecule has 0 radical (unpaired) electrons. The molecule has 0 unspecified atom stereocenters. The van der Waals surface area contributed by atoms with Crippen LogP contribution in [0.1, 0.15) is 44.1 Å². The summed E-state index contributed by atoms with van der Waals surface area (Å²) in [4.78, 5) is 15.6. The number of hydrogen-bond donors (Lipinski definition) is 0. The van der Waals surface area contributed by atoms with E-state index in [2.05, 4.69) is 121 Å². The van der Waals surface area contributed by atoms with Crippen molar-refractivity contribution in [3.05, 3.63) is 151 Å². The lowest BCUT2D eigenvalue weighted by Gasteiger charge is -2.57. The molecule has 0 spiro atoms. The monoisotopic (exact) mass is 805 g/mol. The number of benzene rings is 7. The maximum absolute atomic E-state index is 6.68. The van der Waals surface area contributed by atoms with Gasteiger partial charge in [-0.05, 0) is 121 Å². The second-order valence-corrected chi connectivity index (χ2v) is 19.2. The topological polar surface area (TPSA) is 65.0 Å². The summed E-state index contributed by atoms with van der Waals surface area (Å²) in [5, 5.41) is 6.81. The highest BCUT2D eigenvalue weighted by atomic mass is 32.1. The molecular weight excluding hydrogens is 767 g/mol. The molecule has 0 aliphatic heterocycles. The van der Waals surface area contributed by atoms with Crippen molar-refractivity contribution in [2.24, 2.45) is 17.8 Å². The fraction of sp³-hybridized carbons (Fsp3) is 0.182. The number of rotatable bonds is 5. The zero-order valence-electron chi connectivity index (χ0n) is 33.4. The Morgan fingerprint density at radius 1 is 0.443 bits per heavy atom. The zero-order valence-corrected chi connectivity index (χ0v) is 34.2. The number of aromatic nitrogens is 3. The number of hydrogen-bond acceptors (Lipinski definition) is 6. The van der Waals surface area contributed by atoms with Gasteiger partial charge in [-0.1, -0.05) is 103 Å². The van der Waals surface area contributed by atoms with Crippen LogP contribution in [-0.4, -0.2) is 15.0 Å². The Bertz CT molecular complexity index is 3560. The van der Waals surface area contributed by atoms with Gasteiger partial charge < -0.3 is 8.83 Å². The molecule has 15 rings (SSSR count). The van der Waals surface area contributed by atoms with Crippen LogP contribution in [0.5, 0.6) is 0 Å². The van der Waals surface area contributed by atoms with E-state index in [0.29, 0.717) is 22.9 Å². The van der Waals surface area contributed by atoms with Crippen LogP contribution in [0.3, 0.4) is 0 Å². The minimum Gasteiger partial charge on any atom is -0.456 e. The molecule has 6 heteroatoms. The van der Waals surface area contributed by atoms with Crippen molar-refractivity contribution in [1.82, 2.24) is 15.0 Å². The Morgan fingerprint density at radius 3 is 1.85 bits per heavy atom. The normalized spacial score (nSPS) is 21.0. The maximum atomic E-state index is 6.68. The van der Waals surface area contributed by atoms with Gasteiger partial charge in [-0.25, -0.2) is 15.0 Å². The SMILES string of the molecule is c1ccc2c(c1)oc1c(-c3nc(-c4ccc5c(c4)oc4cccc(-c6ccc(C78CC9CC(CC(C9)C7)C8)cc6)c45)nc(-c4ccc5c(c4)sc4ccccc45)n3)cccc12. The van der Waals surface area contributed by atoms with E-state index in [0.717, 1.165) is 78.3 Å². The number of nitrogens with zero attached hydrogens (tertiary/aromatic N) is 3. The van der Waals surface area contributed by atoms with Crippen molar-refractivity contribution in [2.75, 3.05) is 0 Å². The molecule has 292 valence electrons. The summed E-state index contributed by atoms with van der Waals surface area (Å²) in [5.41, 5.74) is 10.3. The van der Waals surface area contributed by atoms with E-state index in [4.69, 9.17) is 23.8 Å². The first-order chi connectivity index (χ1) is 30.1. The van der Waals surface area contributed by atoms with Crippen LogP contribution in [-0.2, 0) is 5.41 Å². The van der Waals surface area contributed by atoms with Gasteiger partial charge in [0.2, 0.25) is 0 Å². The Kier molecular flexibility index (Phi) is 7.10. The average Bonchev–Trinajstić information content (AvgIpc) is 3.99. The fourth-order valence-corrected chi connectivity index (χ4v) is 13.4. The molecule has 4 heterocycles. The summed E-state index contributed by atoms with van der Waals surface area (Å²) in [6.45, 7) is 0. The van der Waals surface area contributed by atoms with Gasteiger partial charge in [0.15, 0.2) is 17.5 Å². The summed E-state index contributed by atoms with van der Waals surface area (Å²) in [5.74, 6) is 4.54. The molecule has 0 amide bonds. The van der Waals surface area contributed by atoms with Gasteiger partial charge in [0.1, 0.15) is 22.3 Å². The summed E-state index contributed by atoms with van der Waals surface area (Å²) in [6.07, 6.45) is 8.53. The van der Waals surface area contributed by atoms with Gasteiger partial charge in [-0.2, -0.15) is 0 Å². The predicted octanol–water partition coefficient (Wildman–Crippen LogP) is 15.2. The van der Waals surface area contributed by atoms with E-state index in [1.807, 2.05) is 24.3 Å². The number of furan rings is 2. The second kappa shape index (κ2) is 12.7. The van der Waals surface area contributed by atoms with Gasteiger partial charge in [0.05, 0.1) is 5.56 Å². The van der Waals surface area contributed by atoms with Crippen LogP contribution >= 0.6 is 11.3 Å². The zero-order chi connectivity index (χ0) is 39.8. The van der Waals surface area contributed by atoms with Crippen molar-refractivity contribution in [3.63, 3.8) is 0 Å². The Labute approximate surface area is 355 Å². The van der Waals surface area contributed by atoms with Crippen LogP contribution in [0, 0.1) is 17.8 Å². The van der Waals surface area contributed by atoms with Crippen molar-refractivity contribution < 1.29 is 8.83 Å². The molecule has 0 N–H and O–H groups in total. The molecule has 4 aromatic heterocycles. The summed E-state index contributed by atoms with van der Waals surface area (Å²) in [6, 6.07) is 51.9. The van der Waals surface area contributed by atoms with Gasteiger partial charge >= 0.3 is 0 Å². The van der Waals surface area contributed by atoms with E-state index in [-0.39, 0.29) is 0 Å². The third-order valence-corrected chi connectivity index (χ3v) is 15.7. The predicted molar refractivity (Wildman–Crippen MR) is 249 cm³/mol. The van der Waals surface area contributed by atoms with Crippen molar-refractivity contribution in [1.29, 1.82) is 0 Å². The number of para-hydroxylation sites is 2. The summed E-state index contributed by atoms with van der Waals surface area (Å²) >= 11 is 1.79. The minimum absolute atomic E-state index is 0.386. The quantitative estimate of drug-likeness (QED) is 0.173. The van der Waals surface area contributed by atoms with Crippen molar-refractivity contribution >= 4 is 75.4 Å². The van der Waals surface area contributed by atoms with E-state index >= 15 is 0 Å². The van der Waals surface area contributed by atoms with Crippen LogP contribution in [0.2, 0.25) is 0 Å². The Balaban J connectivity index is 0.896. The lowest BCUT2D eigenvalue weighted by molar-refractivity contribution is -0.00518. The summed E-state index contributed by atoms with van der Waals surface area (Å²) in [7, 11) is 0. The van der Waals surface area contributed by atoms with E-state index < -0.39 is 0 Å². The Hall–Kier alpha value is -6.63. The highest BCUT2D eigenvalue weighted by molar-refractivity contribution is 7.25. The van der Waals surface area contributed by atoms with Gasteiger partial charge in [-0.15, -0.1) is 11.3 Å². The molecule has 7 aromatic carbocycles. The highest BCUT2D eigenvalue weighted by Gasteiger charge is 2.51. The number of thiophene rings is 1. The van der Waals surface area contributed by atoms with E-state index in [1.54, 1.807) is 16.9 Å². The molecule has 4 fully saturated rings. The molecule has 5 nitrogen and oxygen atoms in total. The lowest BCUT2D eigenvalue weighted by atomic mass is 9.48. The molecule has 61 heavy (non-hydrogen) atoms. The van der Waals surface area contributed by atoms with Crippen molar-refractivity contribution in [3.8, 4) is 45.3 Å². The largest absolute Gasteiger partial charge is 0.456 e. The van der Waals surface area contributed by atoms with Crippen LogP contribution < -0.4 is 0 Å². The van der Waals surface area contributed by atoms with Crippen LogP contribution in [0.4, 0.5) is 0 Å². The average molecular weight is 806 g/mol. The van der Waals surface area contributed by atoms with E-state index in [9.17, 15) is 0 Å². The molecule has 4 saturated carbocycles. The third-order valence-electron chi connectivity index (χ3n) is 14.5. The molecule has 0 saturated heterocycles. The first-order valence-corrected chi connectivity index (χ1v) is 22.6. The van der Waals surface area contributed by atoms with E-state index in [1.165, 1.54) is 69.8 Å². The van der Waals surface area contributed by atoms with Crippen LogP contribution in [0.15, 0.2) is 154 Å². The molecule has 4 aliphatic rings. The second-order valence-electron chi connectivity index (χ2n) is 18.2. The van der Waals surface area contributed by atoms with Gasteiger partial charge in [0, 0.05) is 52.8 Å². The van der Waals surface area contributed by atoms with Gasteiger partial charge in [-0.3, -0.25) is 0 Å². The minimum atomic E-state index is 0.386. The first-order valence-electron chi connectivity index (χ1n) is 21.7. The molecular formula is C55H39N3O2S. The standard InChI is InChI=1S/C55H39N3O2S/c1-3-12-45-39(7-1)42-10-5-11-44(51(42)60-45)54-57-52(56-53(58-54)36-17-21-41-40-8-2-4-14-48(40)61-49(41)27-36)35-18-22-43-47(26-35)59-46-13-6-9-38(50(43)46)34-15-19-37(20-16-34)55-28-31-23-32(29-55)25-33(24-31)30-55/h1-22,26-27,31-33H,23-25,28-30H2. The molecule has 11 aromatic rings. The maximum Gasteiger partial charge on any atom is 0.167 e. The fourth-order valence-electron chi connectivity index (χ4n) is 12.2. The van der Waals surface area contributed by atoms with Crippen molar-refractivity contribution in [2.45, 2.75) is 43.9 Å². The molecule has 4 bridgehead atoms. The number of fused-ring (bicyclic) bond motifs is 9. The third kappa shape index (κ3) is 5.21. The summed E-state index contributed by atoms with van der Waals surface area (Å²) < 4.78 is 15.6. The Morgan fingerprint density at radius 2 is 1.05 bits per heavy atom. The molecule has 4 aliphatic carbocycles. The molecule has 0 atom stereocenters. The first kappa shape index (κ1) is 34.1. The van der Waals surface area contributed by atoms with Crippen LogP contribution in [0.25, 0.3) is 109 Å². The highest BCUT2D eigenvalue weighted by Crippen LogP contribution is 2.61. The smallest absolute Gasteiger partial charge is 0.167 e. The van der Waals surface area contributed by atoms with Gasteiger partial charge in [0.25, 0.3) is 0 Å². The lowest BCUT2D eigenvalue weighted by Crippen LogP contribution is -2.48.